The summed E-state index contributed by atoms with van der Waals surface area (Å²) in [6.07, 6.45) is 2.83. The molecule has 0 aliphatic carbocycles. The number of aryl methyl sites for hydroxylation is 1. The second kappa shape index (κ2) is 8.11. The predicted molar refractivity (Wildman–Crippen MR) is 74.9 cm³/mol. The van der Waals surface area contributed by atoms with E-state index in [0.717, 1.165) is 31.6 Å². The lowest BCUT2D eigenvalue weighted by Gasteiger charge is -2.15. The molecule has 0 fully saturated rings. The largest absolute Gasteiger partial charge is 0.494 e. The van der Waals surface area contributed by atoms with Gasteiger partial charge in [0.05, 0.1) is 6.61 Å². The summed E-state index contributed by atoms with van der Waals surface area (Å²) in [6.45, 7) is 5.66. The summed E-state index contributed by atoms with van der Waals surface area (Å²) in [5.41, 5.74) is 8.19. The molecule has 1 rings (SSSR count). The van der Waals surface area contributed by atoms with Crippen LogP contribution in [0.4, 0.5) is 0 Å². The molecule has 0 saturated carbocycles. The normalized spacial score (nSPS) is 12.4. The Labute approximate surface area is 110 Å². The van der Waals surface area contributed by atoms with Crippen molar-refractivity contribution in [2.75, 3.05) is 19.8 Å². The lowest BCUT2D eigenvalue weighted by Crippen LogP contribution is -2.21. The van der Waals surface area contributed by atoms with Gasteiger partial charge in [-0.2, -0.15) is 0 Å². The molecule has 0 aliphatic rings. The SMILES string of the molecule is CCCOc1ccc(CC(CN)CO)c(CC)c1. The van der Waals surface area contributed by atoms with Gasteiger partial charge in [0, 0.05) is 6.61 Å². The van der Waals surface area contributed by atoms with E-state index in [2.05, 4.69) is 26.0 Å². The van der Waals surface area contributed by atoms with Crippen molar-refractivity contribution in [3.8, 4) is 5.75 Å². The average molecular weight is 251 g/mol. The van der Waals surface area contributed by atoms with Gasteiger partial charge in [-0.15, -0.1) is 0 Å². The summed E-state index contributed by atoms with van der Waals surface area (Å²) >= 11 is 0. The molecule has 3 nitrogen and oxygen atoms in total. The van der Waals surface area contributed by atoms with E-state index in [1.807, 2.05) is 6.07 Å². The molecule has 1 unspecified atom stereocenters. The van der Waals surface area contributed by atoms with Crippen molar-refractivity contribution < 1.29 is 9.84 Å². The smallest absolute Gasteiger partial charge is 0.119 e. The third kappa shape index (κ3) is 4.31. The lowest BCUT2D eigenvalue weighted by atomic mass is 9.95. The van der Waals surface area contributed by atoms with Gasteiger partial charge in [0.25, 0.3) is 0 Å². The molecule has 3 N–H and O–H groups in total. The molecule has 1 aromatic carbocycles. The fraction of sp³-hybridized carbons (Fsp3) is 0.600. The van der Waals surface area contributed by atoms with E-state index in [-0.39, 0.29) is 12.5 Å². The summed E-state index contributed by atoms with van der Waals surface area (Å²) in [4.78, 5) is 0. The molecule has 0 spiro atoms. The molecule has 1 aromatic rings. The van der Waals surface area contributed by atoms with Gasteiger partial charge in [-0.1, -0.05) is 19.9 Å². The number of rotatable bonds is 8. The molecule has 0 bridgehead atoms. The van der Waals surface area contributed by atoms with E-state index >= 15 is 0 Å². The monoisotopic (exact) mass is 251 g/mol. The van der Waals surface area contributed by atoms with Crippen molar-refractivity contribution >= 4 is 0 Å². The van der Waals surface area contributed by atoms with E-state index in [1.54, 1.807) is 0 Å². The van der Waals surface area contributed by atoms with Crippen LogP contribution in [0, 0.1) is 5.92 Å². The first-order valence-electron chi connectivity index (χ1n) is 6.80. The van der Waals surface area contributed by atoms with E-state index in [4.69, 9.17) is 10.5 Å². The number of hydrogen-bond donors (Lipinski definition) is 2. The Morgan fingerprint density at radius 3 is 2.61 bits per heavy atom. The van der Waals surface area contributed by atoms with Crippen LogP contribution >= 0.6 is 0 Å². The summed E-state index contributed by atoms with van der Waals surface area (Å²) in [5, 5.41) is 9.22. The van der Waals surface area contributed by atoms with Crippen LogP contribution in [0.25, 0.3) is 0 Å². The van der Waals surface area contributed by atoms with Crippen molar-refractivity contribution in [2.24, 2.45) is 11.7 Å². The Kier molecular flexibility index (Phi) is 6.76. The van der Waals surface area contributed by atoms with Crippen LogP contribution in [0.1, 0.15) is 31.4 Å². The number of ether oxygens (including phenoxy) is 1. The van der Waals surface area contributed by atoms with Gasteiger partial charge in [0.15, 0.2) is 0 Å². The molecule has 0 aromatic heterocycles. The molecular weight excluding hydrogens is 226 g/mol. The van der Waals surface area contributed by atoms with Gasteiger partial charge in [-0.3, -0.25) is 0 Å². The first-order valence-corrected chi connectivity index (χ1v) is 6.80. The van der Waals surface area contributed by atoms with Crippen LogP contribution in [-0.2, 0) is 12.8 Å². The molecule has 1 atom stereocenters. The Hall–Kier alpha value is -1.06. The van der Waals surface area contributed by atoms with Gasteiger partial charge < -0.3 is 15.6 Å². The standard InChI is InChI=1S/C15H25NO2/c1-3-7-18-15-6-5-14(13(4-2)9-15)8-12(10-16)11-17/h5-6,9,12,17H,3-4,7-8,10-11,16H2,1-2H3. The topological polar surface area (TPSA) is 55.5 Å². The van der Waals surface area contributed by atoms with Crippen molar-refractivity contribution in [1.29, 1.82) is 0 Å². The van der Waals surface area contributed by atoms with Crippen molar-refractivity contribution in [3.63, 3.8) is 0 Å². The molecule has 0 heterocycles. The van der Waals surface area contributed by atoms with Crippen LogP contribution in [0.15, 0.2) is 18.2 Å². The molecule has 0 radical (unpaired) electrons. The minimum atomic E-state index is 0.147. The van der Waals surface area contributed by atoms with Gasteiger partial charge in [0.2, 0.25) is 0 Å². The van der Waals surface area contributed by atoms with Crippen molar-refractivity contribution in [3.05, 3.63) is 29.3 Å². The highest BCUT2D eigenvalue weighted by Gasteiger charge is 2.10. The van der Waals surface area contributed by atoms with Crippen LogP contribution in [0.2, 0.25) is 0 Å². The molecular formula is C15H25NO2. The number of benzene rings is 1. The lowest BCUT2D eigenvalue weighted by molar-refractivity contribution is 0.229. The van der Waals surface area contributed by atoms with Gasteiger partial charge in [-0.25, -0.2) is 0 Å². The van der Waals surface area contributed by atoms with Gasteiger partial charge in [-0.05, 0) is 55.0 Å². The maximum absolute atomic E-state index is 9.22. The van der Waals surface area contributed by atoms with E-state index in [0.29, 0.717) is 6.54 Å². The molecule has 18 heavy (non-hydrogen) atoms. The summed E-state index contributed by atoms with van der Waals surface area (Å²) in [7, 11) is 0. The van der Waals surface area contributed by atoms with Crippen LogP contribution < -0.4 is 10.5 Å². The number of aliphatic hydroxyl groups is 1. The Bertz CT molecular complexity index is 348. The maximum atomic E-state index is 9.22. The second-order valence-electron chi connectivity index (χ2n) is 4.62. The van der Waals surface area contributed by atoms with Crippen LogP contribution in [-0.4, -0.2) is 24.9 Å². The molecule has 0 aliphatic heterocycles. The Morgan fingerprint density at radius 2 is 2.06 bits per heavy atom. The Morgan fingerprint density at radius 1 is 1.28 bits per heavy atom. The highest BCUT2D eigenvalue weighted by Crippen LogP contribution is 2.21. The first kappa shape index (κ1) is 15.0. The molecule has 3 heteroatoms. The zero-order valence-corrected chi connectivity index (χ0v) is 11.5. The zero-order chi connectivity index (χ0) is 13.4. The van der Waals surface area contributed by atoms with Crippen LogP contribution in [0.5, 0.6) is 5.75 Å². The van der Waals surface area contributed by atoms with E-state index < -0.39 is 0 Å². The predicted octanol–water partition coefficient (Wildman–Crippen LogP) is 2.15. The fourth-order valence-corrected chi connectivity index (χ4v) is 1.97. The van der Waals surface area contributed by atoms with Crippen molar-refractivity contribution in [2.45, 2.75) is 33.1 Å². The maximum Gasteiger partial charge on any atom is 0.119 e. The van der Waals surface area contributed by atoms with Crippen LogP contribution in [0.3, 0.4) is 0 Å². The zero-order valence-electron chi connectivity index (χ0n) is 11.5. The third-order valence-corrected chi connectivity index (χ3v) is 3.13. The highest BCUT2D eigenvalue weighted by molar-refractivity contribution is 5.36. The number of aliphatic hydroxyl groups excluding tert-OH is 1. The minimum Gasteiger partial charge on any atom is -0.494 e. The van der Waals surface area contributed by atoms with Gasteiger partial charge in [0.1, 0.15) is 5.75 Å². The number of nitrogens with two attached hydrogens (primary N) is 1. The summed E-state index contributed by atoms with van der Waals surface area (Å²) in [5.74, 6) is 1.09. The quantitative estimate of drug-likeness (QED) is 0.744. The molecule has 0 amide bonds. The first-order chi connectivity index (χ1) is 8.74. The highest BCUT2D eigenvalue weighted by atomic mass is 16.5. The average Bonchev–Trinajstić information content (AvgIpc) is 2.43. The van der Waals surface area contributed by atoms with E-state index in [9.17, 15) is 5.11 Å². The van der Waals surface area contributed by atoms with Crippen molar-refractivity contribution in [1.82, 2.24) is 0 Å². The second-order valence-corrected chi connectivity index (χ2v) is 4.62. The molecule has 0 saturated heterocycles. The fourth-order valence-electron chi connectivity index (χ4n) is 1.97. The third-order valence-electron chi connectivity index (χ3n) is 3.13. The van der Waals surface area contributed by atoms with E-state index in [1.165, 1.54) is 11.1 Å². The minimum absolute atomic E-state index is 0.147. The Balaban J connectivity index is 2.79. The summed E-state index contributed by atoms with van der Waals surface area (Å²) < 4.78 is 5.64. The van der Waals surface area contributed by atoms with Gasteiger partial charge >= 0.3 is 0 Å². The number of hydrogen-bond acceptors (Lipinski definition) is 3. The summed E-state index contributed by atoms with van der Waals surface area (Å²) in [6, 6.07) is 6.22. The molecule has 102 valence electrons.